The van der Waals surface area contributed by atoms with Crippen molar-refractivity contribution >= 4 is 5.97 Å². The molecule has 4 nitrogen and oxygen atoms in total. The Hall–Kier alpha value is -1.53. The van der Waals surface area contributed by atoms with Crippen LogP contribution in [0.1, 0.15) is 44.6 Å². The van der Waals surface area contributed by atoms with Crippen molar-refractivity contribution in [3.63, 3.8) is 0 Å². The number of ether oxygens (including phenoxy) is 1. The molecule has 1 heterocycles. The number of halogens is 2. The predicted octanol–water partition coefficient (Wildman–Crippen LogP) is 3.24. The Bertz CT molecular complexity index is 619. The molecule has 1 aliphatic carbocycles. The van der Waals surface area contributed by atoms with Gasteiger partial charge in [-0.1, -0.05) is 30.3 Å². The number of aliphatic hydroxyl groups is 1. The summed E-state index contributed by atoms with van der Waals surface area (Å²) in [6.45, 7) is 3.55. The zero-order valence-corrected chi connectivity index (χ0v) is 15.1. The van der Waals surface area contributed by atoms with E-state index in [0.717, 1.165) is 25.9 Å². The molecule has 0 bridgehead atoms. The first-order valence-electron chi connectivity index (χ1n) is 9.40. The Morgan fingerprint density at radius 1 is 1.27 bits per heavy atom. The van der Waals surface area contributed by atoms with Crippen molar-refractivity contribution in [2.45, 2.75) is 56.7 Å². The van der Waals surface area contributed by atoms with Gasteiger partial charge in [-0.3, -0.25) is 0 Å². The van der Waals surface area contributed by atoms with E-state index in [4.69, 9.17) is 4.74 Å². The van der Waals surface area contributed by atoms with Gasteiger partial charge >= 0.3 is 5.97 Å². The summed E-state index contributed by atoms with van der Waals surface area (Å²) < 4.78 is 33.2. The van der Waals surface area contributed by atoms with E-state index >= 15 is 0 Å². The van der Waals surface area contributed by atoms with Gasteiger partial charge in [-0.25, -0.2) is 13.6 Å². The molecule has 3 rings (SSSR count). The van der Waals surface area contributed by atoms with E-state index in [2.05, 4.69) is 5.32 Å². The summed E-state index contributed by atoms with van der Waals surface area (Å²) in [5.41, 5.74) is -1.72. The van der Waals surface area contributed by atoms with Crippen molar-refractivity contribution in [2.75, 3.05) is 13.1 Å². The van der Waals surface area contributed by atoms with Gasteiger partial charge in [0.05, 0.1) is 0 Å². The largest absolute Gasteiger partial charge is 0.460 e. The van der Waals surface area contributed by atoms with E-state index in [0.29, 0.717) is 5.56 Å². The molecule has 0 radical (unpaired) electrons. The van der Waals surface area contributed by atoms with Crippen molar-refractivity contribution in [2.24, 2.45) is 11.8 Å². The molecule has 0 spiro atoms. The molecule has 2 N–H and O–H groups in total. The molecule has 1 unspecified atom stereocenters. The van der Waals surface area contributed by atoms with E-state index in [1.54, 1.807) is 30.3 Å². The highest BCUT2D eigenvalue weighted by Gasteiger charge is 2.54. The third-order valence-corrected chi connectivity index (χ3v) is 5.86. The van der Waals surface area contributed by atoms with E-state index in [9.17, 15) is 18.7 Å². The van der Waals surface area contributed by atoms with Crippen molar-refractivity contribution in [1.82, 2.24) is 5.32 Å². The highest BCUT2D eigenvalue weighted by Crippen LogP contribution is 2.48. The van der Waals surface area contributed by atoms with Crippen LogP contribution in [0, 0.1) is 11.8 Å². The Kier molecular flexibility index (Phi) is 5.63. The van der Waals surface area contributed by atoms with Crippen LogP contribution in [-0.2, 0) is 15.1 Å². The first-order valence-corrected chi connectivity index (χ1v) is 9.40. The first kappa shape index (κ1) is 19.2. The molecule has 1 saturated carbocycles. The number of nitrogens with one attached hydrogen (secondary N) is 1. The average molecular weight is 367 g/mol. The topological polar surface area (TPSA) is 58.6 Å². The Labute approximate surface area is 152 Å². The molecule has 1 aliphatic heterocycles. The highest BCUT2D eigenvalue weighted by atomic mass is 19.3. The lowest BCUT2D eigenvalue weighted by molar-refractivity contribution is -0.182. The van der Waals surface area contributed by atoms with Crippen LogP contribution in [-0.4, -0.2) is 36.2 Å². The smallest absolute Gasteiger partial charge is 0.343 e. The maximum atomic E-state index is 13.8. The molecule has 2 aliphatic rings. The monoisotopic (exact) mass is 367 g/mol. The zero-order chi connectivity index (χ0) is 18.8. The van der Waals surface area contributed by atoms with Gasteiger partial charge in [0.1, 0.15) is 6.10 Å². The number of hydrogen-bond acceptors (Lipinski definition) is 4. The fraction of sp³-hybridized carbons (Fsp3) is 0.650. The summed E-state index contributed by atoms with van der Waals surface area (Å²) in [6.07, 6.45) is 0.690. The standard InChI is InChI=1S/C20H27F2NO3/c1-14(15-8-11-23-12-9-15)26-18(24)20(25,16-5-3-2-4-6-16)17-7-10-19(21,22)13-17/h2-6,14-15,17,23,25H,7-13H2,1H3/t14?,17-,20+/m1/s1. The third kappa shape index (κ3) is 3.91. The number of hydrogen-bond donors (Lipinski definition) is 2. The summed E-state index contributed by atoms with van der Waals surface area (Å²) >= 11 is 0. The van der Waals surface area contributed by atoms with E-state index in [1.165, 1.54) is 0 Å². The fourth-order valence-electron chi connectivity index (χ4n) is 4.19. The van der Waals surface area contributed by atoms with Gasteiger partial charge in [0.15, 0.2) is 5.60 Å². The molecule has 6 heteroatoms. The molecule has 144 valence electrons. The lowest BCUT2D eigenvalue weighted by atomic mass is 9.80. The minimum absolute atomic E-state index is 0.0925. The quantitative estimate of drug-likeness (QED) is 0.785. The van der Waals surface area contributed by atoms with Gasteiger partial charge in [0, 0.05) is 18.8 Å². The number of rotatable bonds is 5. The van der Waals surface area contributed by atoms with Crippen LogP contribution in [0.2, 0.25) is 0 Å². The predicted molar refractivity (Wildman–Crippen MR) is 93.8 cm³/mol. The van der Waals surface area contributed by atoms with Crippen LogP contribution in [0.15, 0.2) is 30.3 Å². The van der Waals surface area contributed by atoms with Crippen LogP contribution in [0.4, 0.5) is 8.78 Å². The molecule has 0 aromatic heterocycles. The van der Waals surface area contributed by atoms with Crippen LogP contribution < -0.4 is 5.32 Å². The van der Waals surface area contributed by atoms with E-state index in [-0.39, 0.29) is 24.9 Å². The summed E-state index contributed by atoms with van der Waals surface area (Å²) in [5, 5.41) is 14.6. The van der Waals surface area contributed by atoms with Crippen molar-refractivity contribution < 1.29 is 23.4 Å². The molecular formula is C20H27F2NO3. The van der Waals surface area contributed by atoms with E-state index in [1.807, 2.05) is 6.92 Å². The van der Waals surface area contributed by atoms with Crippen LogP contribution in [0.3, 0.4) is 0 Å². The van der Waals surface area contributed by atoms with E-state index < -0.39 is 29.8 Å². The number of carbonyl (C=O) groups excluding carboxylic acids is 1. The van der Waals surface area contributed by atoms with Gasteiger partial charge in [0.2, 0.25) is 5.92 Å². The van der Waals surface area contributed by atoms with Gasteiger partial charge in [0.25, 0.3) is 0 Å². The second-order valence-electron chi connectivity index (χ2n) is 7.63. The number of esters is 1. The molecule has 0 amide bonds. The highest BCUT2D eigenvalue weighted by molar-refractivity contribution is 5.81. The Balaban J connectivity index is 1.82. The second kappa shape index (κ2) is 7.61. The lowest BCUT2D eigenvalue weighted by Crippen LogP contribution is -2.46. The molecule has 1 saturated heterocycles. The summed E-state index contributed by atoms with van der Waals surface area (Å²) in [5.74, 6) is -4.30. The third-order valence-electron chi connectivity index (χ3n) is 5.86. The lowest BCUT2D eigenvalue weighted by Gasteiger charge is -2.35. The summed E-state index contributed by atoms with van der Waals surface area (Å²) in [7, 11) is 0. The minimum Gasteiger partial charge on any atom is -0.460 e. The molecule has 1 aromatic carbocycles. The van der Waals surface area contributed by atoms with Crippen molar-refractivity contribution in [1.29, 1.82) is 0 Å². The maximum absolute atomic E-state index is 13.8. The number of carbonyl (C=O) groups is 1. The second-order valence-corrected chi connectivity index (χ2v) is 7.63. The molecular weight excluding hydrogens is 340 g/mol. The Morgan fingerprint density at radius 3 is 2.50 bits per heavy atom. The van der Waals surface area contributed by atoms with Crippen LogP contribution >= 0.6 is 0 Å². The van der Waals surface area contributed by atoms with Gasteiger partial charge < -0.3 is 15.2 Å². The fourth-order valence-corrected chi connectivity index (χ4v) is 4.19. The van der Waals surface area contributed by atoms with Crippen molar-refractivity contribution in [3.05, 3.63) is 35.9 Å². The van der Waals surface area contributed by atoms with Crippen molar-refractivity contribution in [3.8, 4) is 0 Å². The SMILES string of the molecule is CC(OC(=O)[C@](O)(c1ccccc1)[C@@H]1CCC(F)(F)C1)C1CCNCC1. The molecule has 3 atom stereocenters. The zero-order valence-electron chi connectivity index (χ0n) is 15.1. The molecule has 1 aromatic rings. The molecule has 26 heavy (non-hydrogen) atoms. The summed E-state index contributed by atoms with van der Waals surface area (Å²) in [4.78, 5) is 13.0. The van der Waals surface area contributed by atoms with Gasteiger partial charge in [-0.15, -0.1) is 0 Å². The molecule has 2 fully saturated rings. The number of piperidine rings is 1. The minimum atomic E-state index is -2.85. The summed E-state index contributed by atoms with van der Waals surface area (Å²) in [6, 6.07) is 8.35. The average Bonchev–Trinajstić information content (AvgIpc) is 3.02. The van der Waals surface area contributed by atoms with Gasteiger partial charge in [-0.05, 0) is 50.8 Å². The maximum Gasteiger partial charge on any atom is 0.343 e. The number of alkyl halides is 2. The van der Waals surface area contributed by atoms with Crippen LogP contribution in [0.25, 0.3) is 0 Å². The Morgan fingerprint density at radius 2 is 1.92 bits per heavy atom. The van der Waals surface area contributed by atoms with Gasteiger partial charge in [-0.2, -0.15) is 0 Å². The first-order chi connectivity index (χ1) is 12.3. The normalized spacial score (nSPS) is 26.8. The number of benzene rings is 1. The van der Waals surface area contributed by atoms with Crippen LogP contribution in [0.5, 0.6) is 0 Å².